The Hall–Kier alpha value is -3.55. The Kier molecular flexibility index (Phi) is 7.35. The quantitative estimate of drug-likeness (QED) is 0.552. The van der Waals surface area contributed by atoms with Crippen LogP contribution in [0.2, 0.25) is 0 Å². The molecule has 0 bridgehead atoms. The van der Waals surface area contributed by atoms with Gasteiger partial charge in [-0.05, 0) is 50.0 Å². The number of tetrazole rings is 1. The lowest BCUT2D eigenvalue weighted by Crippen LogP contribution is -2.52. The Balaban J connectivity index is 1.58. The minimum Gasteiger partial charge on any atom is -0.352 e. The minimum absolute atomic E-state index is 0.111. The van der Waals surface area contributed by atoms with E-state index < -0.39 is 6.04 Å². The van der Waals surface area contributed by atoms with Crippen LogP contribution >= 0.6 is 0 Å². The van der Waals surface area contributed by atoms with Gasteiger partial charge in [0.25, 0.3) is 5.91 Å². The first kappa shape index (κ1) is 23.6. The summed E-state index contributed by atoms with van der Waals surface area (Å²) >= 11 is 0. The number of benzene rings is 2. The Bertz CT molecular complexity index is 1130. The minimum atomic E-state index is -0.616. The van der Waals surface area contributed by atoms with Crippen molar-refractivity contribution in [1.82, 2.24) is 25.5 Å². The van der Waals surface area contributed by atoms with Crippen LogP contribution in [0.1, 0.15) is 50.2 Å². The number of anilines is 1. The average Bonchev–Trinajstić information content (AvgIpc) is 3.51. The molecule has 1 aromatic heterocycles. The van der Waals surface area contributed by atoms with Crippen molar-refractivity contribution in [3.05, 3.63) is 59.7 Å². The number of amides is 2. The Morgan fingerprint density at radius 2 is 1.79 bits per heavy atom. The van der Waals surface area contributed by atoms with E-state index in [1.165, 1.54) is 4.80 Å². The van der Waals surface area contributed by atoms with E-state index in [-0.39, 0.29) is 24.4 Å². The van der Waals surface area contributed by atoms with E-state index in [2.05, 4.69) is 20.7 Å². The van der Waals surface area contributed by atoms with E-state index in [9.17, 15) is 9.59 Å². The van der Waals surface area contributed by atoms with Crippen molar-refractivity contribution >= 4 is 17.5 Å². The second-order valence-electron chi connectivity index (χ2n) is 8.97. The van der Waals surface area contributed by atoms with Crippen molar-refractivity contribution in [3.63, 3.8) is 0 Å². The number of para-hydroxylation sites is 1. The second kappa shape index (κ2) is 10.6. The summed E-state index contributed by atoms with van der Waals surface area (Å²) in [6, 6.07) is 15.0. The molecule has 2 aromatic carbocycles. The van der Waals surface area contributed by atoms with Crippen molar-refractivity contribution in [1.29, 1.82) is 0 Å². The van der Waals surface area contributed by atoms with E-state index in [1.54, 1.807) is 4.90 Å². The van der Waals surface area contributed by atoms with Crippen molar-refractivity contribution in [2.75, 3.05) is 4.90 Å². The highest BCUT2D eigenvalue weighted by Crippen LogP contribution is 2.25. The highest BCUT2D eigenvalue weighted by Gasteiger charge is 2.32. The van der Waals surface area contributed by atoms with Gasteiger partial charge in [0.1, 0.15) is 12.6 Å². The summed E-state index contributed by atoms with van der Waals surface area (Å²) in [5.41, 5.74) is 3.62. The fraction of sp³-hybridized carbons (Fsp3) is 0.423. The van der Waals surface area contributed by atoms with Crippen LogP contribution < -0.4 is 10.2 Å². The largest absolute Gasteiger partial charge is 0.352 e. The molecule has 0 aliphatic heterocycles. The molecule has 2 amide bonds. The standard InChI is InChI=1S/C26H32N6O2/c1-4-22(26(34)27-21-10-6-7-11-21)32(23-12-8-5-9-19(23)3)24(33)17-31-29-25(28-30-31)20-15-13-18(2)14-16-20/h5,8-9,12-16,21-22H,4,6-7,10-11,17H2,1-3H3,(H,27,34)/t22-/m1/s1. The SMILES string of the molecule is CC[C@H](C(=O)NC1CCCC1)N(C(=O)Cn1nnc(-c2ccc(C)cc2)n1)c1ccccc1C. The highest BCUT2D eigenvalue weighted by molar-refractivity contribution is 6.01. The van der Waals surface area contributed by atoms with Crippen molar-refractivity contribution in [2.24, 2.45) is 0 Å². The molecule has 178 valence electrons. The van der Waals surface area contributed by atoms with Gasteiger partial charge in [-0.25, -0.2) is 0 Å². The second-order valence-corrected chi connectivity index (χ2v) is 8.97. The molecule has 0 unspecified atom stereocenters. The number of aryl methyl sites for hydroxylation is 2. The fourth-order valence-corrected chi connectivity index (χ4v) is 4.49. The topological polar surface area (TPSA) is 93.0 Å². The zero-order chi connectivity index (χ0) is 24.1. The molecule has 1 atom stereocenters. The van der Waals surface area contributed by atoms with Gasteiger partial charge in [-0.15, -0.1) is 10.2 Å². The maximum absolute atomic E-state index is 13.6. The number of rotatable bonds is 8. The van der Waals surface area contributed by atoms with Crippen LogP contribution in [-0.4, -0.2) is 44.1 Å². The number of hydrogen-bond acceptors (Lipinski definition) is 5. The number of carbonyl (C=O) groups excluding carboxylic acids is 2. The van der Waals surface area contributed by atoms with Crippen LogP contribution in [0, 0.1) is 13.8 Å². The molecule has 0 radical (unpaired) electrons. The van der Waals surface area contributed by atoms with Gasteiger partial charge in [0.15, 0.2) is 0 Å². The number of aromatic nitrogens is 4. The van der Waals surface area contributed by atoms with Crippen LogP contribution in [0.25, 0.3) is 11.4 Å². The van der Waals surface area contributed by atoms with E-state index in [0.717, 1.165) is 48.1 Å². The first-order valence-electron chi connectivity index (χ1n) is 12.0. The summed E-state index contributed by atoms with van der Waals surface area (Å²) in [6.45, 7) is 5.78. The lowest BCUT2D eigenvalue weighted by molar-refractivity contribution is -0.127. The Morgan fingerprint density at radius 3 is 2.47 bits per heavy atom. The zero-order valence-electron chi connectivity index (χ0n) is 20.1. The van der Waals surface area contributed by atoms with Crippen LogP contribution in [0.15, 0.2) is 48.5 Å². The lowest BCUT2D eigenvalue weighted by atomic mass is 10.1. The van der Waals surface area contributed by atoms with Crippen LogP contribution in [0.5, 0.6) is 0 Å². The van der Waals surface area contributed by atoms with Gasteiger partial charge >= 0.3 is 0 Å². The highest BCUT2D eigenvalue weighted by atomic mass is 16.2. The van der Waals surface area contributed by atoms with Crippen molar-refractivity contribution in [2.45, 2.75) is 71.5 Å². The molecule has 0 saturated heterocycles. The average molecular weight is 461 g/mol. The number of nitrogens with one attached hydrogen (secondary N) is 1. The third-order valence-corrected chi connectivity index (χ3v) is 6.39. The molecule has 34 heavy (non-hydrogen) atoms. The molecule has 1 fully saturated rings. The predicted octanol–water partition coefficient (Wildman–Crippen LogP) is 3.83. The lowest BCUT2D eigenvalue weighted by Gasteiger charge is -2.32. The van der Waals surface area contributed by atoms with E-state index in [0.29, 0.717) is 12.2 Å². The predicted molar refractivity (Wildman–Crippen MR) is 131 cm³/mol. The first-order valence-corrected chi connectivity index (χ1v) is 12.0. The number of nitrogens with zero attached hydrogens (tertiary/aromatic N) is 5. The summed E-state index contributed by atoms with van der Waals surface area (Å²) < 4.78 is 0. The zero-order valence-corrected chi connectivity index (χ0v) is 20.1. The van der Waals surface area contributed by atoms with Crippen LogP contribution in [-0.2, 0) is 16.1 Å². The smallest absolute Gasteiger partial charge is 0.251 e. The van der Waals surface area contributed by atoms with E-state index in [4.69, 9.17) is 0 Å². The molecule has 1 heterocycles. The third-order valence-electron chi connectivity index (χ3n) is 6.39. The molecule has 1 aliphatic rings. The molecule has 1 saturated carbocycles. The van der Waals surface area contributed by atoms with Gasteiger partial charge in [-0.2, -0.15) is 4.80 Å². The van der Waals surface area contributed by atoms with Gasteiger partial charge in [-0.1, -0.05) is 67.8 Å². The molecule has 0 spiro atoms. The van der Waals surface area contributed by atoms with Crippen molar-refractivity contribution in [3.8, 4) is 11.4 Å². The fourth-order valence-electron chi connectivity index (χ4n) is 4.49. The number of carbonyl (C=O) groups is 2. The Labute approximate surface area is 200 Å². The van der Waals surface area contributed by atoms with Crippen LogP contribution in [0.4, 0.5) is 5.69 Å². The normalized spacial score (nSPS) is 14.7. The molecule has 8 heteroatoms. The first-order chi connectivity index (χ1) is 16.5. The Morgan fingerprint density at radius 1 is 1.09 bits per heavy atom. The summed E-state index contributed by atoms with van der Waals surface area (Å²) in [5, 5.41) is 15.8. The molecule has 4 rings (SSSR count). The monoisotopic (exact) mass is 460 g/mol. The van der Waals surface area contributed by atoms with Gasteiger partial charge in [0, 0.05) is 17.3 Å². The van der Waals surface area contributed by atoms with Gasteiger partial charge in [-0.3, -0.25) is 14.5 Å². The summed E-state index contributed by atoms with van der Waals surface area (Å²) in [5.74, 6) is 0.0923. The van der Waals surface area contributed by atoms with Crippen molar-refractivity contribution < 1.29 is 9.59 Å². The van der Waals surface area contributed by atoms with E-state index >= 15 is 0 Å². The summed E-state index contributed by atoms with van der Waals surface area (Å²) in [6.07, 6.45) is 4.74. The third kappa shape index (κ3) is 5.32. The maximum atomic E-state index is 13.6. The maximum Gasteiger partial charge on any atom is 0.251 e. The number of hydrogen-bond donors (Lipinski definition) is 1. The molecule has 1 N–H and O–H groups in total. The van der Waals surface area contributed by atoms with Crippen LogP contribution in [0.3, 0.4) is 0 Å². The van der Waals surface area contributed by atoms with Gasteiger partial charge < -0.3 is 5.32 Å². The molecular formula is C26H32N6O2. The van der Waals surface area contributed by atoms with E-state index in [1.807, 2.05) is 69.3 Å². The summed E-state index contributed by atoms with van der Waals surface area (Å²) in [7, 11) is 0. The summed E-state index contributed by atoms with van der Waals surface area (Å²) in [4.78, 5) is 29.8. The molecular weight excluding hydrogens is 428 g/mol. The molecule has 3 aromatic rings. The molecule has 8 nitrogen and oxygen atoms in total. The van der Waals surface area contributed by atoms with Gasteiger partial charge in [0.05, 0.1) is 0 Å². The van der Waals surface area contributed by atoms with Gasteiger partial charge in [0.2, 0.25) is 11.7 Å². The molecule has 1 aliphatic carbocycles.